The second-order valence-electron chi connectivity index (χ2n) is 6.03. The summed E-state index contributed by atoms with van der Waals surface area (Å²) in [6.45, 7) is 4.63. The molecule has 0 aliphatic heterocycles. The van der Waals surface area contributed by atoms with E-state index >= 15 is 0 Å². The van der Waals surface area contributed by atoms with Gasteiger partial charge in [0.15, 0.2) is 5.82 Å². The first kappa shape index (κ1) is 14.9. The van der Waals surface area contributed by atoms with Crippen molar-refractivity contribution in [1.82, 2.24) is 20.2 Å². The highest BCUT2D eigenvalue weighted by atomic mass is 16.4. The predicted molar refractivity (Wildman–Crippen MR) is 74.3 cm³/mol. The summed E-state index contributed by atoms with van der Waals surface area (Å²) in [5, 5.41) is 21.5. The van der Waals surface area contributed by atoms with Gasteiger partial charge in [0, 0.05) is 5.92 Å². The minimum atomic E-state index is -0.707. The van der Waals surface area contributed by atoms with Crippen LogP contribution in [0.3, 0.4) is 0 Å². The van der Waals surface area contributed by atoms with Crippen LogP contribution in [-0.2, 0) is 11.3 Å². The number of hydrogen-bond acceptors (Lipinski definition) is 4. The van der Waals surface area contributed by atoms with Gasteiger partial charge in [0.25, 0.3) is 0 Å². The van der Waals surface area contributed by atoms with E-state index in [1.54, 1.807) is 4.68 Å². The van der Waals surface area contributed by atoms with Crippen LogP contribution in [0.2, 0.25) is 0 Å². The summed E-state index contributed by atoms with van der Waals surface area (Å²) in [5.74, 6) is 0.379. The van der Waals surface area contributed by atoms with Gasteiger partial charge in [0.2, 0.25) is 0 Å². The molecule has 1 aliphatic rings. The normalized spacial score (nSPS) is 19.7. The zero-order valence-corrected chi connectivity index (χ0v) is 12.4. The van der Waals surface area contributed by atoms with Gasteiger partial charge in [-0.05, 0) is 29.7 Å². The van der Waals surface area contributed by atoms with Gasteiger partial charge in [-0.1, -0.05) is 39.5 Å². The zero-order chi connectivity index (χ0) is 14.6. The maximum Gasteiger partial charge on any atom is 0.311 e. The Labute approximate surface area is 119 Å². The van der Waals surface area contributed by atoms with E-state index in [1.807, 2.05) is 0 Å². The SMILES string of the molecule is CCCC(C)c1nnnn1CC1(C(=O)O)CCCCC1. The first-order valence-corrected chi connectivity index (χ1v) is 7.58. The Bertz CT molecular complexity index is 452. The zero-order valence-electron chi connectivity index (χ0n) is 12.4. The molecule has 1 aliphatic carbocycles. The van der Waals surface area contributed by atoms with Crippen LogP contribution in [0.25, 0.3) is 0 Å². The molecule has 112 valence electrons. The van der Waals surface area contributed by atoms with E-state index in [1.165, 1.54) is 0 Å². The minimum absolute atomic E-state index is 0.268. The molecule has 0 saturated heterocycles. The number of hydrogen-bond donors (Lipinski definition) is 1. The maximum atomic E-state index is 11.7. The molecule has 0 bridgehead atoms. The highest BCUT2D eigenvalue weighted by molar-refractivity contribution is 5.74. The molecule has 1 saturated carbocycles. The number of rotatable bonds is 6. The molecule has 20 heavy (non-hydrogen) atoms. The van der Waals surface area contributed by atoms with Crippen LogP contribution < -0.4 is 0 Å². The van der Waals surface area contributed by atoms with Crippen molar-refractivity contribution in [2.45, 2.75) is 71.3 Å². The average molecular weight is 280 g/mol. The quantitative estimate of drug-likeness (QED) is 0.866. The highest BCUT2D eigenvalue weighted by Gasteiger charge is 2.41. The Kier molecular flexibility index (Phi) is 4.73. The van der Waals surface area contributed by atoms with Crippen LogP contribution >= 0.6 is 0 Å². The molecular weight excluding hydrogens is 256 g/mol. The number of nitrogens with zero attached hydrogens (tertiary/aromatic N) is 4. The topological polar surface area (TPSA) is 80.9 Å². The molecule has 1 unspecified atom stereocenters. The second-order valence-corrected chi connectivity index (χ2v) is 6.03. The molecule has 0 aromatic carbocycles. The largest absolute Gasteiger partial charge is 0.481 e. The summed E-state index contributed by atoms with van der Waals surface area (Å²) in [6.07, 6.45) is 6.62. The molecule has 2 rings (SSSR count). The van der Waals surface area contributed by atoms with Crippen LogP contribution in [0.4, 0.5) is 0 Å². The number of carboxylic acids is 1. The van der Waals surface area contributed by atoms with Gasteiger partial charge >= 0.3 is 5.97 Å². The van der Waals surface area contributed by atoms with E-state index in [0.29, 0.717) is 6.54 Å². The van der Waals surface area contributed by atoms with Crippen molar-refractivity contribution in [2.24, 2.45) is 5.41 Å². The van der Waals surface area contributed by atoms with E-state index in [9.17, 15) is 9.90 Å². The van der Waals surface area contributed by atoms with Gasteiger partial charge in [0.1, 0.15) is 0 Å². The van der Waals surface area contributed by atoms with Crippen LogP contribution in [0, 0.1) is 5.41 Å². The van der Waals surface area contributed by atoms with Gasteiger partial charge in [-0.25, -0.2) is 4.68 Å². The third-order valence-corrected chi connectivity index (χ3v) is 4.44. The maximum absolute atomic E-state index is 11.7. The molecule has 1 N–H and O–H groups in total. The van der Waals surface area contributed by atoms with Crippen LogP contribution in [0.1, 0.15) is 70.5 Å². The van der Waals surface area contributed by atoms with E-state index in [4.69, 9.17) is 0 Å². The van der Waals surface area contributed by atoms with Gasteiger partial charge in [-0.15, -0.1) is 5.10 Å². The molecule has 0 radical (unpaired) electrons. The molecular formula is C14H24N4O2. The number of aliphatic carboxylic acids is 1. The van der Waals surface area contributed by atoms with Gasteiger partial charge < -0.3 is 5.11 Å². The highest BCUT2D eigenvalue weighted by Crippen LogP contribution is 2.38. The Balaban J connectivity index is 2.19. The Morgan fingerprint density at radius 1 is 1.40 bits per heavy atom. The average Bonchev–Trinajstić information content (AvgIpc) is 2.88. The first-order valence-electron chi connectivity index (χ1n) is 7.58. The smallest absolute Gasteiger partial charge is 0.311 e. The number of carbonyl (C=O) groups is 1. The molecule has 1 aromatic rings. The van der Waals surface area contributed by atoms with Crippen molar-refractivity contribution in [3.05, 3.63) is 5.82 Å². The van der Waals surface area contributed by atoms with Gasteiger partial charge in [-0.2, -0.15) is 0 Å². The third-order valence-electron chi connectivity index (χ3n) is 4.44. The molecule has 1 fully saturated rings. The molecule has 1 atom stereocenters. The summed E-state index contributed by atoms with van der Waals surface area (Å²) in [6, 6.07) is 0. The van der Waals surface area contributed by atoms with E-state index in [0.717, 1.165) is 50.8 Å². The van der Waals surface area contributed by atoms with E-state index in [-0.39, 0.29) is 5.92 Å². The van der Waals surface area contributed by atoms with Crippen LogP contribution in [0.15, 0.2) is 0 Å². The summed E-state index contributed by atoms with van der Waals surface area (Å²) in [7, 11) is 0. The lowest BCUT2D eigenvalue weighted by molar-refractivity contribution is -0.152. The van der Waals surface area contributed by atoms with Crippen LogP contribution in [0.5, 0.6) is 0 Å². The third kappa shape index (κ3) is 2.99. The fraction of sp³-hybridized carbons (Fsp3) is 0.857. The van der Waals surface area contributed by atoms with Crippen molar-refractivity contribution in [3.8, 4) is 0 Å². The monoisotopic (exact) mass is 280 g/mol. The van der Waals surface area contributed by atoms with Gasteiger partial charge in [0.05, 0.1) is 12.0 Å². The number of carboxylic acid groups (broad SMARTS) is 1. The summed E-state index contributed by atoms with van der Waals surface area (Å²) in [5.41, 5.74) is -0.686. The lowest BCUT2D eigenvalue weighted by atomic mass is 9.74. The van der Waals surface area contributed by atoms with E-state index < -0.39 is 11.4 Å². The fourth-order valence-corrected chi connectivity index (χ4v) is 3.19. The van der Waals surface area contributed by atoms with Crippen molar-refractivity contribution in [3.63, 3.8) is 0 Å². The molecule has 1 heterocycles. The fourth-order valence-electron chi connectivity index (χ4n) is 3.19. The van der Waals surface area contributed by atoms with Gasteiger partial charge in [-0.3, -0.25) is 4.79 Å². The predicted octanol–water partition coefficient (Wildman–Crippen LogP) is 2.61. The van der Waals surface area contributed by atoms with E-state index in [2.05, 4.69) is 29.4 Å². The van der Waals surface area contributed by atoms with Crippen molar-refractivity contribution >= 4 is 5.97 Å². The molecule has 6 nitrogen and oxygen atoms in total. The second kappa shape index (κ2) is 6.33. The summed E-state index contributed by atoms with van der Waals surface area (Å²) >= 11 is 0. The lowest BCUT2D eigenvalue weighted by Gasteiger charge is -2.33. The Morgan fingerprint density at radius 3 is 2.70 bits per heavy atom. The first-order chi connectivity index (χ1) is 9.59. The molecule has 1 aromatic heterocycles. The number of aromatic nitrogens is 4. The standard InChI is InChI=1S/C14H24N4O2/c1-3-7-11(2)12-15-16-17-18(12)10-14(13(19)20)8-5-4-6-9-14/h11H,3-10H2,1-2H3,(H,19,20). The van der Waals surface area contributed by atoms with Crippen LogP contribution in [-0.4, -0.2) is 31.3 Å². The summed E-state index contributed by atoms with van der Waals surface area (Å²) < 4.78 is 1.72. The number of tetrazole rings is 1. The summed E-state index contributed by atoms with van der Waals surface area (Å²) in [4.78, 5) is 11.7. The Morgan fingerprint density at radius 2 is 2.10 bits per heavy atom. The molecule has 0 amide bonds. The van der Waals surface area contributed by atoms with Crippen molar-refractivity contribution < 1.29 is 9.90 Å². The lowest BCUT2D eigenvalue weighted by Crippen LogP contribution is -2.38. The molecule has 6 heteroatoms. The van der Waals surface area contributed by atoms with Crippen molar-refractivity contribution in [2.75, 3.05) is 0 Å². The Hall–Kier alpha value is -1.46. The van der Waals surface area contributed by atoms with Crippen molar-refractivity contribution in [1.29, 1.82) is 0 Å². The molecule has 0 spiro atoms. The minimum Gasteiger partial charge on any atom is -0.481 e.